The number of thiophene rings is 1. The maximum absolute atomic E-state index is 16.8. The van der Waals surface area contributed by atoms with Gasteiger partial charge in [0.05, 0.1) is 61.9 Å². The number of aryl methyl sites for hydroxylation is 2. The molecule has 312 valence electrons. The van der Waals surface area contributed by atoms with Crippen LogP contribution < -0.4 is 15.5 Å². The fraction of sp³-hybridized carbons (Fsp3) is 0.488. The molecule has 1 amide bonds. The molecule has 7 heterocycles. The maximum atomic E-state index is 16.8. The molecular weight excluding hydrogens is 796 g/mol. The number of carbonyl (C=O) groups excluding carboxylic acids is 1. The van der Waals surface area contributed by atoms with Gasteiger partial charge < -0.3 is 38.5 Å². The molecule has 16 heteroatoms. The second kappa shape index (κ2) is 15.3. The predicted octanol–water partition coefficient (Wildman–Crippen LogP) is 7.38. The number of nitrogens with one attached hydrogen (secondary N) is 2. The van der Waals surface area contributed by atoms with Crippen molar-refractivity contribution in [3.63, 3.8) is 0 Å². The van der Waals surface area contributed by atoms with Gasteiger partial charge in [0, 0.05) is 42.7 Å². The molecule has 5 aromatic rings. The number of aliphatic hydroxyl groups excluding tert-OH is 1. The Labute approximate surface area is 352 Å². The van der Waals surface area contributed by atoms with Crippen LogP contribution in [0.3, 0.4) is 0 Å². The number of amides is 1. The van der Waals surface area contributed by atoms with Crippen molar-refractivity contribution in [2.45, 2.75) is 103 Å². The van der Waals surface area contributed by atoms with E-state index >= 15 is 4.39 Å². The highest BCUT2D eigenvalue weighted by atomic mass is 35.5. The summed E-state index contributed by atoms with van der Waals surface area (Å²) in [7, 11) is 0.791. The molecule has 0 bridgehead atoms. The van der Waals surface area contributed by atoms with Crippen molar-refractivity contribution in [1.29, 1.82) is 0 Å². The Balaban J connectivity index is 1.07. The molecule has 0 aliphatic carbocycles. The number of imidazole rings is 1. The van der Waals surface area contributed by atoms with Gasteiger partial charge in [-0.2, -0.15) is 0 Å². The Morgan fingerprint density at radius 2 is 1.86 bits per heavy atom. The number of aromatic amines is 1. The van der Waals surface area contributed by atoms with Gasteiger partial charge in [-0.25, -0.2) is 9.37 Å². The number of hydrogen-bond donors (Lipinski definition) is 3. The second-order valence-corrected chi connectivity index (χ2v) is 18.8. The van der Waals surface area contributed by atoms with Crippen LogP contribution in [0.4, 0.5) is 4.39 Å². The van der Waals surface area contributed by atoms with Gasteiger partial charge in [0.2, 0.25) is 18.5 Å². The highest BCUT2D eigenvalue weighted by molar-refractivity contribution is 7.12. The smallest absolute Gasteiger partial charge is 0.464 e. The van der Waals surface area contributed by atoms with Crippen LogP contribution >= 0.6 is 22.9 Å². The molecule has 0 saturated carbocycles. The third-order valence-corrected chi connectivity index (χ3v) is 14.6. The molecule has 3 N–H and O–H groups in total. The number of aliphatic hydroxyl groups is 1. The quantitative estimate of drug-likeness (QED) is 0.103. The third kappa shape index (κ3) is 7.01. The van der Waals surface area contributed by atoms with Crippen molar-refractivity contribution in [1.82, 2.24) is 24.8 Å². The van der Waals surface area contributed by atoms with Crippen LogP contribution in [0.25, 0.3) is 33.4 Å². The van der Waals surface area contributed by atoms with Crippen LogP contribution in [0.15, 0.2) is 42.6 Å². The first-order valence-corrected chi connectivity index (χ1v) is 21.5. The Hall–Kier alpha value is -3.80. The van der Waals surface area contributed by atoms with E-state index in [0.717, 1.165) is 38.1 Å². The van der Waals surface area contributed by atoms with Gasteiger partial charge in [-0.15, -0.1) is 11.3 Å². The van der Waals surface area contributed by atoms with Crippen LogP contribution in [0.5, 0.6) is 5.75 Å². The molecule has 59 heavy (non-hydrogen) atoms. The minimum absolute atomic E-state index is 0.0248. The van der Waals surface area contributed by atoms with Gasteiger partial charge in [0.1, 0.15) is 17.4 Å². The van der Waals surface area contributed by atoms with Crippen molar-refractivity contribution < 1.29 is 37.8 Å². The largest absolute Gasteiger partial charge is 0.494 e. The summed E-state index contributed by atoms with van der Waals surface area (Å²) in [6.45, 7) is 13.9. The van der Waals surface area contributed by atoms with E-state index in [9.17, 15) is 9.90 Å². The van der Waals surface area contributed by atoms with E-state index < -0.39 is 42.8 Å². The standard InChI is InChI=1S/C43H50BClFN5O7S/c1-22-17-33(59-23(22)2)40-51-30-11-10-26(44-57-42(3,4)43(5,6)58-44)20-27(30)35(45)37(51)34-28(46)18-25(19-32(34)56-40)29-21-47-38(48-29)31-9-8-14-50(31)39(52)36(49-41(53)54-7)24-12-15-55-16-13-24/h10-11,17-21,24,31,36,40-41,49,53H,8-9,12-16H2,1-7H3,(H,47,48)/t31-,36+,40?,41?/m0/s1. The summed E-state index contributed by atoms with van der Waals surface area (Å²) in [6, 6.07) is 10.4. The number of likely N-dealkylation sites (tertiary alicyclic amines) is 1. The molecule has 4 atom stereocenters. The normalized spacial score (nSPS) is 22.4. The number of hydrogen-bond acceptors (Lipinski definition) is 10. The van der Waals surface area contributed by atoms with Crippen LogP contribution in [-0.4, -0.2) is 88.1 Å². The second-order valence-electron chi connectivity index (χ2n) is 17.1. The fourth-order valence-corrected chi connectivity index (χ4v) is 10.3. The first-order valence-electron chi connectivity index (χ1n) is 20.3. The van der Waals surface area contributed by atoms with E-state index in [-0.39, 0.29) is 23.4 Å². The number of carbonyl (C=O) groups is 1. The molecule has 3 saturated heterocycles. The van der Waals surface area contributed by atoms with Gasteiger partial charge >= 0.3 is 7.12 Å². The molecule has 0 radical (unpaired) electrons. The van der Waals surface area contributed by atoms with E-state index in [0.29, 0.717) is 72.6 Å². The number of fused-ring (bicyclic) bond motifs is 5. The molecule has 9 rings (SSSR count). The summed E-state index contributed by atoms with van der Waals surface area (Å²) in [5, 5.41) is 14.5. The number of H-pyrrole nitrogens is 1. The Bertz CT molecular complexity index is 2390. The molecule has 12 nitrogen and oxygen atoms in total. The molecule has 4 aliphatic rings. The van der Waals surface area contributed by atoms with Crippen LogP contribution in [0.2, 0.25) is 5.02 Å². The highest BCUT2D eigenvalue weighted by Crippen LogP contribution is 2.51. The zero-order valence-electron chi connectivity index (χ0n) is 34.4. The lowest BCUT2D eigenvalue weighted by Gasteiger charge is -2.35. The van der Waals surface area contributed by atoms with Gasteiger partial charge in [0.15, 0.2) is 0 Å². The average Bonchev–Trinajstić information content (AvgIpc) is 4.05. The number of ether oxygens (including phenoxy) is 3. The number of halogens is 2. The highest BCUT2D eigenvalue weighted by Gasteiger charge is 2.52. The van der Waals surface area contributed by atoms with Crippen molar-refractivity contribution in [2.75, 3.05) is 26.9 Å². The average molecular weight is 846 g/mol. The minimum atomic E-state index is -1.29. The Kier molecular flexibility index (Phi) is 10.5. The first kappa shape index (κ1) is 40.6. The lowest BCUT2D eigenvalue weighted by Crippen LogP contribution is -2.54. The van der Waals surface area contributed by atoms with E-state index in [1.54, 1.807) is 17.5 Å². The summed E-state index contributed by atoms with van der Waals surface area (Å²) in [5.41, 5.74) is 3.64. The number of rotatable bonds is 9. The van der Waals surface area contributed by atoms with Gasteiger partial charge in [-0.1, -0.05) is 23.7 Å². The van der Waals surface area contributed by atoms with E-state index in [1.807, 2.05) is 61.4 Å². The van der Waals surface area contributed by atoms with E-state index in [1.165, 1.54) is 13.2 Å². The van der Waals surface area contributed by atoms with Gasteiger partial charge in [-0.05, 0) is 108 Å². The summed E-state index contributed by atoms with van der Waals surface area (Å²) in [4.78, 5) is 26.3. The van der Waals surface area contributed by atoms with Gasteiger partial charge in [0.25, 0.3) is 0 Å². The van der Waals surface area contributed by atoms with Crippen molar-refractivity contribution in [3.8, 4) is 28.3 Å². The predicted molar refractivity (Wildman–Crippen MR) is 225 cm³/mol. The molecule has 3 fully saturated rings. The van der Waals surface area contributed by atoms with Crippen molar-refractivity contribution in [2.24, 2.45) is 5.92 Å². The minimum Gasteiger partial charge on any atom is -0.464 e. The monoisotopic (exact) mass is 845 g/mol. The zero-order valence-corrected chi connectivity index (χ0v) is 35.9. The number of nitrogens with zero attached hydrogens (tertiary/aromatic N) is 3. The van der Waals surface area contributed by atoms with E-state index in [4.69, 9.17) is 40.1 Å². The van der Waals surface area contributed by atoms with Crippen molar-refractivity contribution >= 4 is 52.3 Å². The number of benzene rings is 2. The SMILES string of the molecule is COC(O)N[C@@H](C(=O)N1CCC[C@H]1c1ncc(-c2cc(F)c3c(c2)OC(c2cc(C)c(C)s2)n2c-3c(Cl)c3cc(B4OC(C)(C)C(C)(C)O4)ccc32)[nH]1)C1CCOCC1. The summed E-state index contributed by atoms with van der Waals surface area (Å²) >= 11 is 8.97. The number of aromatic nitrogens is 3. The maximum Gasteiger partial charge on any atom is 0.494 e. The first-order chi connectivity index (χ1) is 28.2. The molecule has 3 aromatic heterocycles. The van der Waals surface area contributed by atoms with Gasteiger partial charge in [-0.3, -0.25) is 14.7 Å². The molecule has 2 aromatic carbocycles. The summed E-state index contributed by atoms with van der Waals surface area (Å²) in [6.07, 6.45) is 2.64. The van der Waals surface area contributed by atoms with Crippen molar-refractivity contribution in [3.05, 3.63) is 74.6 Å². The number of methoxy groups -OCH3 is 1. The van der Waals surface area contributed by atoms with E-state index in [2.05, 4.69) is 30.2 Å². The fourth-order valence-electron chi connectivity index (χ4n) is 8.86. The zero-order chi connectivity index (χ0) is 41.5. The molecular formula is C43H50BClFN5O7S. The van der Waals surface area contributed by atoms with Crippen LogP contribution in [0.1, 0.15) is 86.8 Å². The molecule has 2 unspecified atom stereocenters. The topological polar surface area (TPSA) is 132 Å². The Morgan fingerprint density at radius 1 is 1.12 bits per heavy atom. The lowest BCUT2D eigenvalue weighted by molar-refractivity contribution is -0.147. The summed E-state index contributed by atoms with van der Waals surface area (Å²) < 4.78 is 49.1. The van der Waals surface area contributed by atoms with Crippen LogP contribution in [0, 0.1) is 25.6 Å². The van der Waals surface area contributed by atoms with Crippen LogP contribution in [-0.2, 0) is 23.6 Å². The Morgan fingerprint density at radius 3 is 2.56 bits per heavy atom. The summed E-state index contributed by atoms with van der Waals surface area (Å²) in [5.74, 6) is 0.312. The lowest BCUT2D eigenvalue weighted by atomic mass is 9.78. The molecule has 4 aliphatic heterocycles. The molecule has 0 spiro atoms. The third-order valence-electron chi connectivity index (χ3n) is 13.0.